The maximum Gasteiger partial charge on any atom is 0.0567 e. The lowest BCUT2D eigenvalue weighted by Gasteiger charge is -2.08. The summed E-state index contributed by atoms with van der Waals surface area (Å²) < 4.78 is 0. The van der Waals surface area contributed by atoms with Crippen LogP contribution in [0.2, 0.25) is 0 Å². The van der Waals surface area contributed by atoms with E-state index in [1.165, 1.54) is 5.56 Å². The molecule has 0 spiro atoms. The predicted molar refractivity (Wildman–Crippen MR) is 66.4 cm³/mol. The van der Waals surface area contributed by atoms with Crippen molar-refractivity contribution in [2.75, 3.05) is 5.32 Å². The molecule has 0 amide bonds. The molecule has 3 nitrogen and oxygen atoms in total. The van der Waals surface area contributed by atoms with Gasteiger partial charge in [-0.05, 0) is 29.7 Å². The maximum atomic E-state index is 3.91. The van der Waals surface area contributed by atoms with Gasteiger partial charge in [0.15, 0.2) is 0 Å². The van der Waals surface area contributed by atoms with Gasteiger partial charge in [-0.3, -0.25) is 5.10 Å². The summed E-state index contributed by atoms with van der Waals surface area (Å²) in [5.41, 5.74) is 3.60. The van der Waals surface area contributed by atoms with E-state index in [-0.39, 0.29) is 0 Å². The Morgan fingerprint density at radius 1 is 1.19 bits per heavy atom. The molecular formula is C13H17N3. The SMILES string of the molecule is CC(C)c1ccc(NCc2ccn[nH]2)cc1. The Kier molecular flexibility index (Phi) is 3.25. The van der Waals surface area contributed by atoms with E-state index >= 15 is 0 Å². The molecule has 0 fully saturated rings. The lowest BCUT2D eigenvalue weighted by atomic mass is 10.0. The van der Waals surface area contributed by atoms with Crippen molar-refractivity contribution in [3.05, 3.63) is 47.8 Å². The van der Waals surface area contributed by atoms with E-state index in [2.05, 4.69) is 53.6 Å². The highest BCUT2D eigenvalue weighted by Crippen LogP contribution is 2.17. The molecule has 0 saturated heterocycles. The predicted octanol–water partition coefficient (Wildman–Crippen LogP) is 3.15. The van der Waals surface area contributed by atoms with Crippen LogP contribution in [0.1, 0.15) is 31.0 Å². The van der Waals surface area contributed by atoms with E-state index in [1.807, 2.05) is 6.07 Å². The van der Waals surface area contributed by atoms with Crippen molar-refractivity contribution in [2.24, 2.45) is 0 Å². The van der Waals surface area contributed by atoms with E-state index in [9.17, 15) is 0 Å². The van der Waals surface area contributed by atoms with Crippen LogP contribution in [-0.2, 0) is 6.54 Å². The zero-order chi connectivity index (χ0) is 11.4. The summed E-state index contributed by atoms with van der Waals surface area (Å²) in [6, 6.07) is 10.5. The fourth-order valence-corrected chi connectivity index (χ4v) is 1.57. The van der Waals surface area contributed by atoms with Gasteiger partial charge in [0.05, 0.1) is 12.2 Å². The Morgan fingerprint density at radius 3 is 2.50 bits per heavy atom. The van der Waals surface area contributed by atoms with Crippen molar-refractivity contribution in [1.82, 2.24) is 10.2 Å². The van der Waals surface area contributed by atoms with Crippen molar-refractivity contribution < 1.29 is 0 Å². The molecule has 0 radical (unpaired) electrons. The second-order valence-electron chi connectivity index (χ2n) is 4.21. The topological polar surface area (TPSA) is 40.7 Å². The van der Waals surface area contributed by atoms with Crippen LogP contribution in [0.5, 0.6) is 0 Å². The Labute approximate surface area is 95.9 Å². The van der Waals surface area contributed by atoms with Crippen molar-refractivity contribution >= 4 is 5.69 Å². The van der Waals surface area contributed by atoms with Gasteiger partial charge < -0.3 is 5.32 Å². The molecule has 3 heteroatoms. The normalized spacial score (nSPS) is 10.7. The zero-order valence-corrected chi connectivity index (χ0v) is 9.70. The first kappa shape index (κ1) is 10.7. The van der Waals surface area contributed by atoms with Gasteiger partial charge in [-0.1, -0.05) is 26.0 Å². The van der Waals surface area contributed by atoms with Gasteiger partial charge in [-0.25, -0.2) is 0 Å². The van der Waals surface area contributed by atoms with Crippen LogP contribution in [-0.4, -0.2) is 10.2 Å². The third kappa shape index (κ3) is 2.63. The van der Waals surface area contributed by atoms with Crippen molar-refractivity contribution in [3.8, 4) is 0 Å². The van der Waals surface area contributed by atoms with Gasteiger partial charge in [0.2, 0.25) is 0 Å². The highest BCUT2D eigenvalue weighted by Gasteiger charge is 1.99. The van der Waals surface area contributed by atoms with Crippen LogP contribution >= 0.6 is 0 Å². The van der Waals surface area contributed by atoms with E-state index in [0.717, 1.165) is 17.9 Å². The van der Waals surface area contributed by atoms with E-state index in [0.29, 0.717) is 5.92 Å². The molecule has 16 heavy (non-hydrogen) atoms. The highest BCUT2D eigenvalue weighted by atomic mass is 15.1. The van der Waals surface area contributed by atoms with Crippen molar-refractivity contribution in [2.45, 2.75) is 26.3 Å². The molecule has 0 saturated carbocycles. The Bertz CT molecular complexity index is 415. The van der Waals surface area contributed by atoms with Gasteiger partial charge in [0.1, 0.15) is 0 Å². The lowest BCUT2D eigenvalue weighted by Crippen LogP contribution is -1.99. The summed E-state index contributed by atoms with van der Waals surface area (Å²) >= 11 is 0. The molecule has 1 heterocycles. The average molecular weight is 215 g/mol. The molecule has 2 N–H and O–H groups in total. The van der Waals surface area contributed by atoms with Gasteiger partial charge >= 0.3 is 0 Å². The molecule has 0 aliphatic rings. The molecule has 0 aliphatic carbocycles. The summed E-state index contributed by atoms with van der Waals surface area (Å²) in [6.07, 6.45) is 1.76. The molecule has 0 aliphatic heterocycles. The number of hydrogen-bond donors (Lipinski definition) is 2. The summed E-state index contributed by atoms with van der Waals surface area (Å²) in [6.45, 7) is 5.18. The molecule has 1 aromatic carbocycles. The van der Waals surface area contributed by atoms with Crippen molar-refractivity contribution in [1.29, 1.82) is 0 Å². The number of aromatic amines is 1. The van der Waals surface area contributed by atoms with E-state index in [4.69, 9.17) is 0 Å². The molecule has 1 aromatic heterocycles. The quantitative estimate of drug-likeness (QED) is 0.822. The molecule has 2 rings (SSSR count). The third-order valence-corrected chi connectivity index (χ3v) is 2.62. The summed E-state index contributed by atoms with van der Waals surface area (Å²) in [5.74, 6) is 0.585. The number of aromatic nitrogens is 2. The Morgan fingerprint density at radius 2 is 1.94 bits per heavy atom. The minimum atomic E-state index is 0.585. The number of rotatable bonds is 4. The van der Waals surface area contributed by atoms with Crippen LogP contribution < -0.4 is 5.32 Å². The largest absolute Gasteiger partial charge is 0.379 e. The lowest BCUT2D eigenvalue weighted by molar-refractivity contribution is 0.866. The second-order valence-corrected chi connectivity index (χ2v) is 4.21. The van der Waals surface area contributed by atoms with E-state index in [1.54, 1.807) is 6.20 Å². The fourth-order valence-electron chi connectivity index (χ4n) is 1.57. The standard InChI is InChI=1S/C13H17N3/c1-10(2)11-3-5-12(6-4-11)14-9-13-7-8-15-16-13/h3-8,10,14H,9H2,1-2H3,(H,15,16). The zero-order valence-electron chi connectivity index (χ0n) is 9.70. The van der Waals surface area contributed by atoms with Gasteiger partial charge in [-0.15, -0.1) is 0 Å². The monoisotopic (exact) mass is 215 g/mol. The molecule has 0 unspecified atom stereocenters. The second kappa shape index (κ2) is 4.84. The summed E-state index contributed by atoms with van der Waals surface area (Å²) in [5, 5.41) is 10.2. The number of H-pyrrole nitrogens is 1. The fraction of sp³-hybridized carbons (Fsp3) is 0.308. The van der Waals surface area contributed by atoms with Gasteiger partial charge in [0, 0.05) is 11.9 Å². The minimum absolute atomic E-state index is 0.585. The van der Waals surface area contributed by atoms with Crippen LogP contribution in [0.25, 0.3) is 0 Å². The molecule has 0 bridgehead atoms. The smallest absolute Gasteiger partial charge is 0.0567 e. The third-order valence-electron chi connectivity index (χ3n) is 2.62. The van der Waals surface area contributed by atoms with Crippen molar-refractivity contribution in [3.63, 3.8) is 0 Å². The maximum absolute atomic E-state index is 3.91. The highest BCUT2D eigenvalue weighted by molar-refractivity contribution is 5.45. The van der Waals surface area contributed by atoms with Crippen LogP contribution in [0, 0.1) is 0 Å². The number of nitrogens with zero attached hydrogens (tertiary/aromatic N) is 1. The Hall–Kier alpha value is -1.77. The summed E-state index contributed by atoms with van der Waals surface area (Å²) in [4.78, 5) is 0. The number of anilines is 1. The van der Waals surface area contributed by atoms with Crippen LogP contribution in [0.15, 0.2) is 36.5 Å². The molecule has 2 aromatic rings. The number of nitrogens with one attached hydrogen (secondary N) is 2. The first-order valence-corrected chi connectivity index (χ1v) is 5.58. The number of benzene rings is 1. The minimum Gasteiger partial charge on any atom is -0.379 e. The Balaban J connectivity index is 1.95. The van der Waals surface area contributed by atoms with Gasteiger partial charge in [0.25, 0.3) is 0 Å². The van der Waals surface area contributed by atoms with E-state index < -0.39 is 0 Å². The first-order chi connectivity index (χ1) is 7.75. The number of hydrogen-bond acceptors (Lipinski definition) is 2. The molecule has 0 atom stereocenters. The van der Waals surface area contributed by atoms with Gasteiger partial charge in [-0.2, -0.15) is 5.10 Å². The molecular weight excluding hydrogens is 198 g/mol. The molecule has 84 valence electrons. The average Bonchev–Trinajstić information content (AvgIpc) is 2.80. The summed E-state index contributed by atoms with van der Waals surface area (Å²) in [7, 11) is 0. The van der Waals surface area contributed by atoms with Crippen LogP contribution in [0.3, 0.4) is 0 Å². The van der Waals surface area contributed by atoms with Crippen LogP contribution in [0.4, 0.5) is 5.69 Å². The first-order valence-electron chi connectivity index (χ1n) is 5.58.